The van der Waals surface area contributed by atoms with E-state index in [1.807, 2.05) is 29.6 Å². The van der Waals surface area contributed by atoms with Gasteiger partial charge < -0.3 is 20.1 Å². The number of nitrogens with one attached hydrogen (secondary N) is 2. The molecule has 0 saturated carbocycles. The highest BCUT2D eigenvalue weighted by Crippen LogP contribution is 2.24. The Bertz CT molecular complexity index is 976. The summed E-state index contributed by atoms with van der Waals surface area (Å²) in [5.41, 5.74) is 1.75. The van der Waals surface area contributed by atoms with Gasteiger partial charge in [0.15, 0.2) is 5.82 Å². The lowest BCUT2D eigenvalue weighted by Gasteiger charge is -2.31. The quantitative estimate of drug-likeness (QED) is 0.676. The lowest BCUT2D eigenvalue weighted by Crippen LogP contribution is -2.43. The molecule has 1 saturated heterocycles. The second-order valence-electron chi connectivity index (χ2n) is 6.92. The van der Waals surface area contributed by atoms with Crippen molar-refractivity contribution in [2.75, 3.05) is 23.7 Å². The third-order valence-electron chi connectivity index (χ3n) is 4.85. The summed E-state index contributed by atoms with van der Waals surface area (Å²) in [6.45, 7) is 2.82. The molecule has 3 amide bonds. The standard InChI is InChI=1S/C20H21N5O3S/c1-13-12-17(24-28-13)23-18(26)14-6-9-25(10-7-14)20(27)22-16-4-2-15(3-5-16)19-21-8-11-29-19/h2-5,8,11-12,14H,6-7,9-10H2,1H3,(H,22,27)(H,23,24,26). The number of aromatic nitrogens is 2. The van der Waals surface area contributed by atoms with Gasteiger partial charge >= 0.3 is 6.03 Å². The fourth-order valence-electron chi connectivity index (χ4n) is 3.26. The predicted molar refractivity (Wildman–Crippen MR) is 111 cm³/mol. The zero-order valence-corrected chi connectivity index (χ0v) is 16.7. The van der Waals surface area contributed by atoms with Crippen molar-refractivity contribution in [3.63, 3.8) is 0 Å². The van der Waals surface area contributed by atoms with Crippen LogP contribution in [0.5, 0.6) is 0 Å². The first-order valence-corrected chi connectivity index (χ1v) is 10.3. The molecule has 1 fully saturated rings. The number of nitrogens with zero attached hydrogens (tertiary/aromatic N) is 3. The fraction of sp³-hybridized carbons (Fsp3) is 0.300. The van der Waals surface area contributed by atoms with E-state index in [0.717, 1.165) is 16.3 Å². The summed E-state index contributed by atoms with van der Waals surface area (Å²) in [5.74, 6) is 0.838. The maximum absolute atomic E-state index is 12.5. The molecular formula is C20H21N5O3S. The number of hydrogen-bond acceptors (Lipinski definition) is 6. The highest BCUT2D eigenvalue weighted by atomic mass is 32.1. The molecule has 9 heteroatoms. The molecule has 0 atom stereocenters. The molecule has 150 valence electrons. The van der Waals surface area contributed by atoms with Gasteiger partial charge in [0.05, 0.1) is 0 Å². The van der Waals surface area contributed by atoms with Crippen LogP contribution in [0.4, 0.5) is 16.3 Å². The average molecular weight is 411 g/mol. The molecule has 0 unspecified atom stereocenters. The molecule has 4 rings (SSSR count). The summed E-state index contributed by atoms with van der Waals surface area (Å²) >= 11 is 1.57. The van der Waals surface area contributed by atoms with Crippen molar-refractivity contribution in [1.82, 2.24) is 15.0 Å². The number of hydrogen-bond donors (Lipinski definition) is 2. The summed E-state index contributed by atoms with van der Waals surface area (Å²) in [7, 11) is 0. The Hall–Kier alpha value is -3.20. The largest absolute Gasteiger partial charge is 0.360 e. The Morgan fingerprint density at radius 2 is 1.93 bits per heavy atom. The first-order valence-electron chi connectivity index (χ1n) is 9.38. The lowest BCUT2D eigenvalue weighted by molar-refractivity contribution is -0.121. The van der Waals surface area contributed by atoms with E-state index in [1.54, 1.807) is 35.4 Å². The van der Waals surface area contributed by atoms with E-state index in [-0.39, 0.29) is 17.9 Å². The summed E-state index contributed by atoms with van der Waals surface area (Å²) in [6, 6.07) is 9.15. The molecule has 0 radical (unpaired) electrons. The predicted octanol–water partition coefficient (Wildman–Crippen LogP) is 3.99. The Kier molecular flexibility index (Phi) is 5.57. The van der Waals surface area contributed by atoms with E-state index in [9.17, 15) is 9.59 Å². The van der Waals surface area contributed by atoms with Crippen molar-refractivity contribution in [3.05, 3.63) is 47.7 Å². The monoisotopic (exact) mass is 411 g/mol. The highest BCUT2D eigenvalue weighted by Gasteiger charge is 2.28. The molecule has 0 bridgehead atoms. The molecule has 29 heavy (non-hydrogen) atoms. The number of anilines is 2. The molecule has 1 aliphatic rings. The van der Waals surface area contributed by atoms with Gasteiger partial charge in [0.1, 0.15) is 10.8 Å². The maximum atomic E-state index is 12.5. The molecular weight excluding hydrogens is 390 g/mol. The van der Waals surface area contributed by atoms with Crippen LogP contribution in [0, 0.1) is 12.8 Å². The molecule has 0 aliphatic carbocycles. The van der Waals surface area contributed by atoms with Crippen LogP contribution in [-0.2, 0) is 4.79 Å². The lowest BCUT2D eigenvalue weighted by atomic mass is 9.96. The second kappa shape index (κ2) is 8.44. The van der Waals surface area contributed by atoms with E-state index in [2.05, 4.69) is 20.8 Å². The number of thiazole rings is 1. The van der Waals surface area contributed by atoms with Gasteiger partial charge in [0.25, 0.3) is 0 Å². The molecule has 1 aliphatic heterocycles. The third kappa shape index (κ3) is 4.62. The van der Waals surface area contributed by atoms with Crippen molar-refractivity contribution in [1.29, 1.82) is 0 Å². The van der Waals surface area contributed by atoms with E-state index in [1.165, 1.54) is 0 Å². The smallest absolute Gasteiger partial charge is 0.321 e. The maximum Gasteiger partial charge on any atom is 0.321 e. The first-order chi connectivity index (χ1) is 14.1. The van der Waals surface area contributed by atoms with Crippen molar-refractivity contribution in [2.24, 2.45) is 5.92 Å². The van der Waals surface area contributed by atoms with Crippen molar-refractivity contribution in [3.8, 4) is 10.6 Å². The normalized spacial score (nSPS) is 14.6. The minimum atomic E-state index is -0.155. The molecule has 1 aromatic carbocycles. The molecule has 8 nitrogen and oxygen atoms in total. The Morgan fingerprint density at radius 3 is 2.55 bits per heavy atom. The number of benzene rings is 1. The van der Waals surface area contributed by atoms with Crippen LogP contribution in [0.2, 0.25) is 0 Å². The Labute approximate surface area is 171 Å². The molecule has 0 spiro atoms. The van der Waals surface area contributed by atoms with Gasteiger partial charge in [-0.15, -0.1) is 11.3 Å². The number of rotatable bonds is 4. The fourth-order valence-corrected chi connectivity index (χ4v) is 3.91. The van der Waals surface area contributed by atoms with E-state index >= 15 is 0 Å². The number of carbonyl (C=O) groups excluding carboxylic acids is 2. The van der Waals surface area contributed by atoms with Gasteiger partial charge in [-0.2, -0.15) is 0 Å². The summed E-state index contributed by atoms with van der Waals surface area (Å²) in [5, 5.41) is 12.3. The first kappa shape index (κ1) is 19.1. The van der Waals surface area contributed by atoms with Crippen LogP contribution in [0.3, 0.4) is 0 Å². The molecule has 3 aromatic rings. The van der Waals surface area contributed by atoms with Crippen molar-refractivity contribution in [2.45, 2.75) is 19.8 Å². The van der Waals surface area contributed by atoms with Gasteiger partial charge in [-0.1, -0.05) is 5.16 Å². The van der Waals surface area contributed by atoms with Gasteiger partial charge in [-0.25, -0.2) is 9.78 Å². The SMILES string of the molecule is Cc1cc(NC(=O)C2CCN(C(=O)Nc3ccc(-c4nccs4)cc3)CC2)no1. The molecule has 3 heterocycles. The topological polar surface area (TPSA) is 100 Å². The van der Waals surface area contributed by atoms with Crippen molar-refractivity contribution >= 4 is 34.8 Å². The number of likely N-dealkylation sites (tertiary alicyclic amines) is 1. The van der Waals surface area contributed by atoms with Crippen LogP contribution in [0.25, 0.3) is 10.6 Å². The van der Waals surface area contributed by atoms with Crippen LogP contribution in [0.15, 0.2) is 46.4 Å². The highest BCUT2D eigenvalue weighted by molar-refractivity contribution is 7.13. The van der Waals surface area contributed by atoms with Gasteiger partial charge in [-0.3, -0.25) is 4.79 Å². The summed E-state index contributed by atoms with van der Waals surface area (Å²) < 4.78 is 4.96. The number of piperidine rings is 1. The van der Waals surface area contributed by atoms with Crippen molar-refractivity contribution < 1.29 is 14.1 Å². The van der Waals surface area contributed by atoms with Gasteiger partial charge in [0, 0.05) is 47.9 Å². The molecule has 2 N–H and O–H groups in total. The number of amides is 3. The summed E-state index contributed by atoms with van der Waals surface area (Å²) in [6.07, 6.45) is 2.99. The molecule has 2 aromatic heterocycles. The second-order valence-corrected chi connectivity index (χ2v) is 7.81. The summed E-state index contributed by atoms with van der Waals surface area (Å²) in [4.78, 5) is 30.9. The minimum absolute atomic E-state index is 0.0869. The van der Waals surface area contributed by atoms with E-state index in [4.69, 9.17) is 4.52 Å². The van der Waals surface area contributed by atoms with Gasteiger partial charge in [-0.05, 0) is 44.0 Å². The zero-order valence-electron chi connectivity index (χ0n) is 15.9. The van der Waals surface area contributed by atoms with Crippen LogP contribution in [0.1, 0.15) is 18.6 Å². The van der Waals surface area contributed by atoms with Crippen LogP contribution >= 0.6 is 11.3 Å². The Morgan fingerprint density at radius 1 is 1.17 bits per heavy atom. The average Bonchev–Trinajstić information content (AvgIpc) is 3.41. The van der Waals surface area contributed by atoms with Crippen LogP contribution in [-0.4, -0.2) is 40.1 Å². The van der Waals surface area contributed by atoms with Gasteiger partial charge in [0.2, 0.25) is 5.91 Å². The zero-order chi connectivity index (χ0) is 20.2. The number of urea groups is 1. The number of carbonyl (C=O) groups is 2. The Balaban J connectivity index is 1.27. The van der Waals surface area contributed by atoms with E-state index < -0.39 is 0 Å². The number of aryl methyl sites for hydroxylation is 1. The third-order valence-corrected chi connectivity index (χ3v) is 5.67. The van der Waals surface area contributed by atoms with Crippen LogP contribution < -0.4 is 10.6 Å². The van der Waals surface area contributed by atoms with E-state index in [0.29, 0.717) is 37.5 Å². The minimum Gasteiger partial charge on any atom is -0.360 e.